The standard InChI is InChI=1S/C34H56N2O3/c1-22(7-16-32(39)36(6)26-11-9-25(10-12-26)35(5)23(2)37)29-14-15-30-28-13-8-24-21-27(38)17-19-33(24,3)31(28)18-20-34(29,30)4/h8,22,25-31,38H,7,9-21H2,1-6H3/t22-,25?,26?,27+,28+,29-,30+,31+,33+,34-/m1/s1. The number of nitrogens with zero attached hydrogens (tertiary/aromatic N) is 2. The van der Waals surface area contributed by atoms with E-state index in [9.17, 15) is 14.7 Å². The SMILES string of the molecule is CC(=O)N(C)C1CCC(N(C)C(=O)CC[C@@H](C)[C@H]2CC[C@H]3[C@@H]4CC=C5C[C@@H](O)CC[C@]5(C)[C@H]4CC[C@]23C)CC1. The van der Waals surface area contributed by atoms with Gasteiger partial charge in [0.1, 0.15) is 0 Å². The lowest BCUT2D eigenvalue weighted by Crippen LogP contribution is -2.50. The highest BCUT2D eigenvalue weighted by molar-refractivity contribution is 5.76. The fraction of sp³-hybridized carbons (Fsp3) is 0.882. The molecule has 0 spiro atoms. The second-order valence-corrected chi connectivity index (χ2v) is 15.0. The maximum atomic E-state index is 13.3. The lowest BCUT2D eigenvalue weighted by molar-refractivity contribution is -0.135. The van der Waals surface area contributed by atoms with Gasteiger partial charge in [-0.05, 0) is 124 Å². The fourth-order valence-electron chi connectivity index (χ4n) is 10.6. The van der Waals surface area contributed by atoms with Gasteiger partial charge in [0.25, 0.3) is 0 Å². The molecule has 8 atom stereocenters. The first kappa shape index (κ1) is 29.1. The summed E-state index contributed by atoms with van der Waals surface area (Å²) in [5, 5.41) is 10.3. The van der Waals surface area contributed by atoms with Crippen molar-refractivity contribution in [2.24, 2.45) is 40.4 Å². The van der Waals surface area contributed by atoms with Crippen molar-refractivity contribution in [3.05, 3.63) is 11.6 Å². The molecule has 220 valence electrons. The van der Waals surface area contributed by atoms with E-state index in [0.29, 0.717) is 41.2 Å². The van der Waals surface area contributed by atoms with Crippen molar-refractivity contribution in [3.63, 3.8) is 0 Å². The van der Waals surface area contributed by atoms with Crippen LogP contribution < -0.4 is 0 Å². The lowest BCUT2D eigenvalue weighted by Gasteiger charge is -2.58. The third-order valence-corrected chi connectivity index (χ3v) is 13.3. The van der Waals surface area contributed by atoms with E-state index in [-0.39, 0.29) is 12.0 Å². The molecule has 1 N–H and O–H groups in total. The molecule has 0 aromatic heterocycles. The van der Waals surface area contributed by atoms with Gasteiger partial charge in [0, 0.05) is 39.5 Å². The Bertz CT molecular complexity index is 954. The molecule has 0 radical (unpaired) electrons. The molecule has 5 rings (SSSR count). The summed E-state index contributed by atoms with van der Waals surface area (Å²) in [5.74, 6) is 4.17. The summed E-state index contributed by atoms with van der Waals surface area (Å²) in [7, 11) is 3.92. The number of hydrogen-bond donors (Lipinski definition) is 1. The first-order chi connectivity index (χ1) is 18.5. The van der Waals surface area contributed by atoms with Crippen LogP contribution in [0.5, 0.6) is 0 Å². The van der Waals surface area contributed by atoms with Crippen molar-refractivity contribution in [2.45, 2.75) is 136 Å². The molecule has 39 heavy (non-hydrogen) atoms. The largest absolute Gasteiger partial charge is 0.393 e. The van der Waals surface area contributed by atoms with E-state index in [4.69, 9.17) is 0 Å². The zero-order valence-corrected chi connectivity index (χ0v) is 25.8. The van der Waals surface area contributed by atoms with Crippen molar-refractivity contribution in [2.75, 3.05) is 14.1 Å². The molecule has 5 aliphatic carbocycles. The Morgan fingerprint density at radius 3 is 2.28 bits per heavy atom. The summed E-state index contributed by atoms with van der Waals surface area (Å²) < 4.78 is 0. The van der Waals surface area contributed by atoms with Crippen molar-refractivity contribution < 1.29 is 14.7 Å². The van der Waals surface area contributed by atoms with Crippen LogP contribution in [0.4, 0.5) is 0 Å². The monoisotopic (exact) mass is 540 g/mol. The van der Waals surface area contributed by atoms with E-state index in [0.717, 1.165) is 75.0 Å². The van der Waals surface area contributed by atoms with Gasteiger partial charge in [-0.15, -0.1) is 0 Å². The van der Waals surface area contributed by atoms with Crippen molar-refractivity contribution in [1.82, 2.24) is 9.80 Å². The number of rotatable bonds is 6. The Morgan fingerprint density at radius 1 is 0.949 bits per heavy atom. The Hall–Kier alpha value is -1.36. The summed E-state index contributed by atoms with van der Waals surface area (Å²) in [6.07, 6.45) is 17.7. The number of allylic oxidation sites excluding steroid dienone is 1. The first-order valence-corrected chi connectivity index (χ1v) is 16.3. The van der Waals surface area contributed by atoms with E-state index in [1.165, 1.54) is 32.1 Å². The maximum absolute atomic E-state index is 13.3. The van der Waals surface area contributed by atoms with Crippen LogP contribution in [-0.2, 0) is 9.59 Å². The Balaban J connectivity index is 1.15. The summed E-state index contributed by atoms with van der Waals surface area (Å²) in [4.78, 5) is 28.9. The van der Waals surface area contributed by atoms with Crippen molar-refractivity contribution >= 4 is 11.8 Å². The third kappa shape index (κ3) is 5.24. The topological polar surface area (TPSA) is 60.9 Å². The average molecular weight is 541 g/mol. The lowest BCUT2D eigenvalue weighted by atomic mass is 9.47. The van der Waals surface area contributed by atoms with E-state index in [1.54, 1.807) is 12.5 Å². The molecule has 2 amide bonds. The number of aliphatic hydroxyl groups is 1. The average Bonchev–Trinajstić information content (AvgIpc) is 3.28. The maximum Gasteiger partial charge on any atom is 0.222 e. The molecule has 0 aromatic carbocycles. The van der Waals surface area contributed by atoms with Crippen LogP contribution >= 0.6 is 0 Å². The number of fused-ring (bicyclic) bond motifs is 5. The Kier molecular flexibility index (Phi) is 8.32. The molecule has 5 heteroatoms. The Morgan fingerprint density at radius 2 is 1.62 bits per heavy atom. The highest BCUT2D eigenvalue weighted by atomic mass is 16.3. The van der Waals surface area contributed by atoms with Gasteiger partial charge >= 0.3 is 0 Å². The van der Waals surface area contributed by atoms with Crippen LogP contribution in [0.15, 0.2) is 11.6 Å². The summed E-state index contributed by atoms with van der Waals surface area (Å²) in [6.45, 7) is 9.21. The number of carbonyl (C=O) groups excluding carboxylic acids is 2. The van der Waals surface area contributed by atoms with Gasteiger partial charge in [-0.1, -0.05) is 32.4 Å². The van der Waals surface area contributed by atoms with Crippen LogP contribution in [0, 0.1) is 40.4 Å². The molecule has 0 unspecified atom stereocenters. The molecule has 0 aliphatic heterocycles. The quantitative estimate of drug-likeness (QED) is 0.387. The van der Waals surface area contributed by atoms with Crippen LogP contribution in [-0.4, -0.2) is 59.0 Å². The summed E-state index contributed by atoms with van der Waals surface area (Å²) in [6, 6.07) is 0.645. The van der Waals surface area contributed by atoms with E-state index in [1.807, 2.05) is 23.9 Å². The van der Waals surface area contributed by atoms with Crippen LogP contribution in [0.2, 0.25) is 0 Å². The summed E-state index contributed by atoms with van der Waals surface area (Å²) >= 11 is 0. The molecule has 5 nitrogen and oxygen atoms in total. The Labute approximate surface area is 238 Å². The van der Waals surface area contributed by atoms with Gasteiger partial charge in [-0.2, -0.15) is 0 Å². The molecular weight excluding hydrogens is 484 g/mol. The molecular formula is C34H56N2O3. The van der Waals surface area contributed by atoms with E-state index < -0.39 is 0 Å². The highest BCUT2D eigenvalue weighted by Gasteiger charge is 2.59. The minimum absolute atomic E-state index is 0.128. The summed E-state index contributed by atoms with van der Waals surface area (Å²) in [5.41, 5.74) is 2.29. The molecule has 0 heterocycles. The predicted molar refractivity (Wildman–Crippen MR) is 157 cm³/mol. The van der Waals surface area contributed by atoms with E-state index >= 15 is 0 Å². The van der Waals surface area contributed by atoms with Gasteiger partial charge in [0.2, 0.25) is 11.8 Å². The number of aliphatic hydroxyl groups excluding tert-OH is 1. The molecule has 0 bridgehead atoms. The number of amides is 2. The van der Waals surface area contributed by atoms with E-state index in [2.05, 4.69) is 26.8 Å². The smallest absolute Gasteiger partial charge is 0.222 e. The minimum atomic E-state index is -0.128. The van der Waals surface area contributed by atoms with Gasteiger partial charge in [0.05, 0.1) is 6.10 Å². The number of carbonyl (C=O) groups is 2. The first-order valence-electron chi connectivity index (χ1n) is 16.3. The van der Waals surface area contributed by atoms with Crippen LogP contribution in [0.3, 0.4) is 0 Å². The number of hydrogen-bond acceptors (Lipinski definition) is 3. The van der Waals surface area contributed by atoms with Crippen LogP contribution in [0.25, 0.3) is 0 Å². The van der Waals surface area contributed by atoms with Gasteiger partial charge in [-0.3, -0.25) is 9.59 Å². The zero-order chi connectivity index (χ0) is 28.1. The normalized spacial score (nSPS) is 42.4. The molecule has 0 aromatic rings. The highest BCUT2D eigenvalue weighted by Crippen LogP contribution is 2.67. The second kappa shape index (κ2) is 11.1. The minimum Gasteiger partial charge on any atom is -0.393 e. The molecule has 4 saturated carbocycles. The fourth-order valence-corrected chi connectivity index (χ4v) is 10.6. The van der Waals surface area contributed by atoms with Gasteiger partial charge in [0.15, 0.2) is 0 Å². The van der Waals surface area contributed by atoms with Gasteiger partial charge < -0.3 is 14.9 Å². The van der Waals surface area contributed by atoms with Crippen LogP contribution in [0.1, 0.15) is 118 Å². The zero-order valence-electron chi connectivity index (χ0n) is 25.8. The molecule has 4 fully saturated rings. The molecule has 5 aliphatic rings. The third-order valence-electron chi connectivity index (χ3n) is 13.3. The van der Waals surface area contributed by atoms with Gasteiger partial charge in [-0.25, -0.2) is 0 Å². The van der Waals surface area contributed by atoms with Crippen molar-refractivity contribution in [1.29, 1.82) is 0 Å². The van der Waals surface area contributed by atoms with Crippen molar-refractivity contribution in [3.8, 4) is 0 Å². The molecule has 0 saturated heterocycles. The predicted octanol–water partition coefficient (Wildman–Crippen LogP) is 6.59. The second-order valence-electron chi connectivity index (χ2n) is 15.0.